The molecule has 1 aromatic carbocycles. The number of hydrogen-bond donors (Lipinski definition) is 2. The van der Waals surface area contributed by atoms with E-state index in [1.165, 1.54) is 7.11 Å². The van der Waals surface area contributed by atoms with Gasteiger partial charge < -0.3 is 19.9 Å². The van der Waals surface area contributed by atoms with Crippen LogP contribution in [0.2, 0.25) is 0 Å². The van der Waals surface area contributed by atoms with E-state index >= 15 is 0 Å². The lowest BCUT2D eigenvalue weighted by Gasteiger charge is -2.38. The Morgan fingerprint density at radius 2 is 2.17 bits per heavy atom. The van der Waals surface area contributed by atoms with Gasteiger partial charge in [0.05, 0.1) is 18.4 Å². The van der Waals surface area contributed by atoms with Gasteiger partial charge in [-0.3, -0.25) is 0 Å². The fraction of sp³-hybridized carbons (Fsp3) is 0.462. The van der Waals surface area contributed by atoms with Crippen LogP contribution in [-0.2, 0) is 4.74 Å². The largest absolute Gasteiger partial charge is 0.481 e. The molecule has 5 heteroatoms. The van der Waals surface area contributed by atoms with Gasteiger partial charge in [-0.25, -0.2) is 4.79 Å². The average Bonchev–Trinajstić information content (AvgIpc) is 2.29. The van der Waals surface area contributed by atoms with Crippen LogP contribution in [0.3, 0.4) is 0 Å². The van der Waals surface area contributed by atoms with Gasteiger partial charge in [0.15, 0.2) is 6.23 Å². The second-order valence-corrected chi connectivity index (χ2v) is 4.91. The monoisotopic (exact) mass is 251 g/mol. The van der Waals surface area contributed by atoms with Crippen LogP contribution in [0, 0.1) is 6.92 Å². The fourth-order valence-electron chi connectivity index (χ4n) is 1.87. The molecule has 0 amide bonds. The van der Waals surface area contributed by atoms with Crippen molar-refractivity contribution in [3.05, 3.63) is 23.3 Å². The number of carbonyl (C=O) groups excluding carboxylic acids is 1. The summed E-state index contributed by atoms with van der Waals surface area (Å²) >= 11 is 0. The summed E-state index contributed by atoms with van der Waals surface area (Å²) in [6.07, 6.45) is -0.835. The summed E-state index contributed by atoms with van der Waals surface area (Å²) in [5.74, 6) is 0.215. The van der Waals surface area contributed by atoms with Crippen LogP contribution >= 0.6 is 0 Å². The SMILES string of the molecule is COC(=O)c1cc2c(cc1C)OC(C)(C)C(O)N2. The first-order chi connectivity index (χ1) is 8.35. The lowest BCUT2D eigenvalue weighted by Crippen LogP contribution is -2.49. The molecule has 0 bridgehead atoms. The Balaban J connectivity index is 2.46. The topological polar surface area (TPSA) is 67.8 Å². The maximum atomic E-state index is 11.6. The number of esters is 1. The normalized spacial score (nSPS) is 20.4. The van der Waals surface area contributed by atoms with Crippen molar-refractivity contribution in [2.75, 3.05) is 12.4 Å². The van der Waals surface area contributed by atoms with E-state index < -0.39 is 17.8 Å². The van der Waals surface area contributed by atoms with Crippen molar-refractivity contribution >= 4 is 11.7 Å². The third-order valence-corrected chi connectivity index (χ3v) is 3.06. The van der Waals surface area contributed by atoms with Crippen LogP contribution in [0.15, 0.2) is 12.1 Å². The maximum absolute atomic E-state index is 11.6. The van der Waals surface area contributed by atoms with Crippen LogP contribution in [0.5, 0.6) is 5.75 Å². The number of aliphatic hydroxyl groups is 1. The van der Waals surface area contributed by atoms with E-state index in [9.17, 15) is 9.90 Å². The minimum Gasteiger partial charge on any atom is -0.481 e. The third-order valence-electron chi connectivity index (χ3n) is 3.06. The van der Waals surface area contributed by atoms with Crippen molar-refractivity contribution in [2.45, 2.75) is 32.6 Å². The van der Waals surface area contributed by atoms with Crippen molar-refractivity contribution in [2.24, 2.45) is 0 Å². The van der Waals surface area contributed by atoms with E-state index in [1.54, 1.807) is 26.0 Å². The molecule has 2 N–H and O–H groups in total. The number of aliphatic hydroxyl groups excluding tert-OH is 1. The van der Waals surface area contributed by atoms with E-state index in [0.717, 1.165) is 5.56 Å². The molecule has 1 aliphatic heterocycles. The quantitative estimate of drug-likeness (QED) is 0.743. The summed E-state index contributed by atoms with van der Waals surface area (Å²) in [4.78, 5) is 11.6. The summed E-state index contributed by atoms with van der Waals surface area (Å²) < 4.78 is 10.4. The van der Waals surface area contributed by atoms with E-state index in [-0.39, 0.29) is 0 Å². The molecule has 98 valence electrons. The van der Waals surface area contributed by atoms with Crippen LogP contribution in [0.4, 0.5) is 5.69 Å². The number of anilines is 1. The first-order valence-corrected chi connectivity index (χ1v) is 5.71. The summed E-state index contributed by atoms with van der Waals surface area (Å²) in [6, 6.07) is 3.40. The number of benzene rings is 1. The van der Waals surface area contributed by atoms with Crippen molar-refractivity contribution in [3.63, 3.8) is 0 Å². The number of aryl methyl sites for hydroxylation is 1. The lowest BCUT2D eigenvalue weighted by molar-refractivity contribution is -0.0210. The highest BCUT2D eigenvalue weighted by molar-refractivity contribution is 5.93. The minimum absolute atomic E-state index is 0.406. The van der Waals surface area contributed by atoms with Gasteiger partial charge in [0.2, 0.25) is 0 Å². The van der Waals surface area contributed by atoms with Gasteiger partial charge >= 0.3 is 5.97 Å². The second kappa shape index (κ2) is 4.17. The molecule has 0 radical (unpaired) electrons. The Hall–Kier alpha value is -1.75. The van der Waals surface area contributed by atoms with Crippen LogP contribution in [0.25, 0.3) is 0 Å². The van der Waals surface area contributed by atoms with E-state index in [2.05, 4.69) is 5.32 Å². The van der Waals surface area contributed by atoms with Crippen LogP contribution in [0.1, 0.15) is 29.8 Å². The zero-order valence-electron chi connectivity index (χ0n) is 10.9. The molecule has 0 aliphatic carbocycles. The van der Waals surface area contributed by atoms with Gasteiger partial charge in [-0.1, -0.05) is 0 Å². The molecule has 0 spiro atoms. The number of fused-ring (bicyclic) bond motifs is 1. The molecular formula is C13H17NO4. The number of carbonyl (C=O) groups is 1. The molecule has 1 unspecified atom stereocenters. The van der Waals surface area contributed by atoms with Gasteiger partial charge in [-0.2, -0.15) is 0 Å². The Bertz CT molecular complexity index is 496. The van der Waals surface area contributed by atoms with Crippen molar-refractivity contribution < 1.29 is 19.4 Å². The van der Waals surface area contributed by atoms with Gasteiger partial charge in [0.1, 0.15) is 11.4 Å². The van der Waals surface area contributed by atoms with E-state index in [4.69, 9.17) is 9.47 Å². The Labute approximate surface area is 106 Å². The number of nitrogens with one attached hydrogen (secondary N) is 1. The molecule has 1 aromatic rings. The summed E-state index contributed by atoms with van der Waals surface area (Å²) in [7, 11) is 1.34. The molecular weight excluding hydrogens is 234 g/mol. The minimum atomic E-state index is -0.835. The highest BCUT2D eigenvalue weighted by Crippen LogP contribution is 2.37. The predicted octanol–water partition coefficient (Wildman–Crippen LogP) is 1.68. The van der Waals surface area contributed by atoms with Gasteiger partial charge in [0, 0.05) is 0 Å². The van der Waals surface area contributed by atoms with Crippen LogP contribution in [-0.4, -0.2) is 30.0 Å². The molecule has 18 heavy (non-hydrogen) atoms. The van der Waals surface area contributed by atoms with Crippen molar-refractivity contribution in [3.8, 4) is 5.75 Å². The zero-order chi connectivity index (χ0) is 13.5. The molecule has 1 heterocycles. The van der Waals surface area contributed by atoms with Crippen molar-refractivity contribution in [1.29, 1.82) is 0 Å². The summed E-state index contributed by atoms with van der Waals surface area (Å²) in [5, 5.41) is 12.8. The van der Waals surface area contributed by atoms with Crippen LogP contribution < -0.4 is 10.1 Å². The smallest absolute Gasteiger partial charge is 0.338 e. The highest BCUT2D eigenvalue weighted by Gasteiger charge is 2.36. The van der Waals surface area contributed by atoms with Gasteiger partial charge in [-0.05, 0) is 38.5 Å². The van der Waals surface area contributed by atoms with Crippen molar-refractivity contribution in [1.82, 2.24) is 0 Å². The molecule has 0 fully saturated rings. The molecule has 0 aromatic heterocycles. The van der Waals surface area contributed by atoms with E-state index in [1.807, 2.05) is 6.92 Å². The fourth-order valence-corrected chi connectivity index (χ4v) is 1.87. The number of rotatable bonds is 1. The number of hydrogen-bond acceptors (Lipinski definition) is 5. The average molecular weight is 251 g/mol. The molecule has 0 saturated heterocycles. The third kappa shape index (κ3) is 2.01. The lowest BCUT2D eigenvalue weighted by atomic mass is 10.0. The molecule has 1 atom stereocenters. The maximum Gasteiger partial charge on any atom is 0.338 e. The number of ether oxygens (including phenoxy) is 2. The first kappa shape index (κ1) is 12.7. The van der Waals surface area contributed by atoms with E-state index in [0.29, 0.717) is 17.0 Å². The Morgan fingerprint density at radius 1 is 1.50 bits per heavy atom. The Kier molecular flexibility index (Phi) is 2.94. The standard InChI is InChI=1S/C13H17NO4/c1-7-5-10-9(6-8(7)11(15)17-4)14-12(16)13(2,3)18-10/h5-6,12,14,16H,1-4H3. The Morgan fingerprint density at radius 3 is 2.78 bits per heavy atom. The molecule has 1 aliphatic rings. The number of methoxy groups -OCH3 is 1. The van der Waals surface area contributed by atoms with Gasteiger partial charge in [-0.15, -0.1) is 0 Å². The molecule has 2 rings (SSSR count). The second-order valence-electron chi connectivity index (χ2n) is 4.91. The molecule has 5 nitrogen and oxygen atoms in total. The highest BCUT2D eigenvalue weighted by atomic mass is 16.5. The predicted molar refractivity (Wildman–Crippen MR) is 66.9 cm³/mol. The van der Waals surface area contributed by atoms with Gasteiger partial charge in [0.25, 0.3) is 0 Å². The molecule has 0 saturated carbocycles. The summed E-state index contributed by atoms with van der Waals surface area (Å²) in [6.45, 7) is 5.39. The zero-order valence-corrected chi connectivity index (χ0v) is 10.9. The first-order valence-electron chi connectivity index (χ1n) is 5.71. The summed E-state index contributed by atoms with van der Waals surface area (Å²) in [5.41, 5.74) is 1.10.